The highest BCUT2D eigenvalue weighted by molar-refractivity contribution is 5.29. The number of rotatable bonds is 3. The van der Waals surface area contributed by atoms with Gasteiger partial charge in [-0.1, -0.05) is 49.4 Å². The third-order valence-corrected chi connectivity index (χ3v) is 4.40. The van der Waals surface area contributed by atoms with Crippen molar-refractivity contribution in [3.63, 3.8) is 0 Å². The van der Waals surface area contributed by atoms with Crippen molar-refractivity contribution in [3.8, 4) is 0 Å². The monoisotopic (exact) mass is 287 g/mol. The van der Waals surface area contributed by atoms with E-state index in [0.29, 0.717) is 5.56 Å². The van der Waals surface area contributed by atoms with Gasteiger partial charge in [-0.3, -0.25) is 4.90 Å². The van der Waals surface area contributed by atoms with E-state index < -0.39 is 11.6 Å². The van der Waals surface area contributed by atoms with Crippen LogP contribution in [0.3, 0.4) is 0 Å². The van der Waals surface area contributed by atoms with E-state index in [1.165, 1.54) is 11.6 Å². The van der Waals surface area contributed by atoms with E-state index in [9.17, 15) is 8.78 Å². The SMILES string of the molecule is C[C@]1(c2cccc(F)c2F)CCN(Cc2ccccc2)C1. The van der Waals surface area contributed by atoms with Gasteiger partial charge in [0, 0.05) is 18.5 Å². The highest BCUT2D eigenvalue weighted by Gasteiger charge is 2.37. The first-order valence-corrected chi connectivity index (χ1v) is 7.29. The molecule has 0 unspecified atom stereocenters. The number of hydrogen-bond acceptors (Lipinski definition) is 1. The number of halogens is 2. The smallest absolute Gasteiger partial charge is 0.162 e. The quantitative estimate of drug-likeness (QED) is 0.820. The van der Waals surface area contributed by atoms with Crippen LogP contribution in [0.1, 0.15) is 24.5 Å². The van der Waals surface area contributed by atoms with Crippen LogP contribution in [0, 0.1) is 11.6 Å². The molecular weight excluding hydrogens is 268 g/mol. The first kappa shape index (κ1) is 14.2. The summed E-state index contributed by atoms with van der Waals surface area (Å²) in [5, 5.41) is 0. The van der Waals surface area contributed by atoms with E-state index in [-0.39, 0.29) is 5.41 Å². The summed E-state index contributed by atoms with van der Waals surface area (Å²) in [6.07, 6.45) is 0.847. The minimum atomic E-state index is -0.754. The van der Waals surface area contributed by atoms with Gasteiger partial charge in [0.15, 0.2) is 11.6 Å². The van der Waals surface area contributed by atoms with Gasteiger partial charge in [0.05, 0.1) is 0 Å². The van der Waals surface area contributed by atoms with Gasteiger partial charge in [-0.15, -0.1) is 0 Å². The van der Waals surface area contributed by atoms with Crippen molar-refractivity contribution in [1.82, 2.24) is 4.90 Å². The molecule has 0 aromatic heterocycles. The lowest BCUT2D eigenvalue weighted by Gasteiger charge is -2.26. The minimum Gasteiger partial charge on any atom is -0.298 e. The number of hydrogen-bond donors (Lipinski definition) is 0. The van der Waals surface area contributed by atoms with Gasteiger partial charge in [-0.25, -0.2) is 8.78 Å². The molecule has 2 aromatic rings. The van der Waals surface area contributed by atoms with Crippen LogP contribution in [0.5, 0.6) is 0 Å². The number of likely N-dealkylation sites (tertiary alicyclic amines) is 1. The molecule has 0 amide bonds. The maximum atomic E-state index is 14.1. The Hall–Kier alpha value is -1.74. The zero-order valence-corrected chi connectivity index (χ0v) is 12.2. The van der Waals surface area contributed by atoms with E-state index in [4.69, 9.17) is 0 Å². The summed E-state index contributed by atoms with van der Waals surface area (Å²) in [7, 11) is 0. The third-order valence-electron chi connectivity index (χ3n) is 4.40. The molecule has 3 heteroatoms. The summed E-state index contributed by atoms with van der Waals surface area (Å²) in [5.41, 5.74) is 1.43. The van der Waals surface area contributed by atoms with Crippen LogP contribution < -0.4 is 0 Å². The second-order valence-corrected chi connectivity index (χ2v) is 6.11. The molecule has 21 heavy (non-hydrogen) atoms. The Labute approximate surface area is 124 Å². The lowest BCUT2D eigenvalue weighted by atomic mass is 9.81. The second kappa shape index (κ2) is 5.57. The van der Waals surface area contributed by atoms with Gasteiger partial charge >= 0.3 is 0 Å². The molecule has 1 saturated heterocycles. The Balaban J connectivity index is 1.78. The molecule has 0 aliphatic carbocycles. The average molecular weight is 287 g/mol. The van der Waals surface area contributed by atoms with Crippen LogP contribution in [-0.2, 0) is 12.0 Å². The van der Waals surface area contributed by atoms with Crippen LogP contribution in [-0.4, -0.2) is 18.0 Å². The number of benzene rings is 2. The van der Waals surface area contributed by atoms with Gasteiger partial charge in [0.2, 0.25) is 0 Å². The Morgan fingerprint density at radius 2 is 1.81 bits per heavy atom. The fourth-order valence-electron chi connectivity index (χ4n) is 3.22. The van der Waals surface area contributed by atoms with E-state index in [1.807, 2.05) is 25.1 Å². The maximum absolute atomic E-state index is 14.1. The van der Waals surface area contributed by atoms with Crippen LogP contribution in [0.4, 0.5) is 8.78 Å². The molecule has 1 aliphatic rings. The van der Waals surface area contributed by atoms with Crippen molar-refractivity contribution in [2.45, 2.75) is 25.3 Å². The van der Waals surface area contributed by atoms with Crippen molar-refractivity contribution in [3.05, 3.63) is 71.3 Å². The van der Waals surface area contributed by atoms with Gasteiger partial charge in [0.1, 0.15) is 0 Å². The highest BCUT2D eigenvalue weighted by atomic mass is 19.2. The molecular formula is C18H19F2N. The first-order chi connectivity index (χ1) is 10.1. The normalized spacial score (nSPS) is 22.6. The molecule has 1 aliphatic heterocycles. The lowest BCUT2D eigenvalue weighted by molar-refractivity contribution is 0.305. The summed E-state index contributed by atoms with van der Waals surface area (Å²) in [6.45, 7) is 4.53. The van der Waals surface area contributed by atoms with Crippen molar-refractivity contribution in [1.29, 1.82) is 0 Å². The summed E-state index contributed by atoms with van der Waals surface area (Å²) in [5.74, 6) is -1.45. The second-order valence-electron chi connectivity index (χ2n) is 6.11. The molecule has 0 N–H and O–H groups in total. The predicted octanol–water partition coefficient (Wildman–Crippen LogP) is 4.13. The molecule has 3 rings (SSSR count). The maximum Gasteiger partial charge on any atom is 0.162 e. The molecule has 0 bridgehead atoms. The van der Waals surface area contributed by atoms with Gasteiger partial charge in [0.25, 0.3) is 0 Å². The highest BCUT2D eigenvalue weighted by Crippen LogP contribution is 2.36. The molecule has 0 saturated carbocycles. The molecule has 1 heterocycles. The minimum absolute atomic E-state index is 0.318. The van der Waals surface area contributed by atoms with Crippen molar-refractivity contribution in [2.75, 3.05) is 13.1 Å². The van der Waals surface area contributed by atoms with E-state index in [0.717, 1.165) is 26.1 Å². The van der Waals surface area contributed by atoms with Crippen LogP contribution in [0.15, 0.2) is 48.5 Å². The summed E-state index contributed by atoms with van der Waals surface area (Å²) >= 11 is 0. The summed E-state index contributed by atoms with van der Waals surface area (Å²) < 4.78 is 27.5. The van der Waals surface area contributed by atoms with Crippen LogP contribution >= 0.6 is 0 Å². The summed E-state index contributed by atoms with van der Waals surface area (Å²) in [4.78, 5) is 2.31. The van der Waals surface area contributed by atoms with Gasteiger partial charge in [-0.2, -0.15) is 0 Å². The van der Waals surface area contributed by atoms with E-state index in [2.05, 4.69) is 17.0 Å². The zero-order valence-electron chi connectivity index (χ0n) is 12.2. The van der Waals surface area contributed by atoms with Gasteiger partial charge < -0.3 is 0 Å². The molecule has 2 aromatic carbocycles. The largest absolute Gasteiger partial charge is 0.298 e. The Morgan fingerprint density at radius 3 is 2.57 bits per heavy atom. The molecule has 1 atom stereocenters. The van der Waals surface area contributed by atoms with Gasteiger partial charge in [-0.05, 0) is 30.2 Å². The molecule has 1 nitrogen and oxygen atoms in total. The number of nitrogens with zero attached hydrogens (tertiary/aromatic N) is 1. The topological polar surface area (TPSA) is 3.24 Å². The predicted molar refractivity (Wildman–Crippen MR) is 80.0 cm³/mol. The van der Waals surface area contributed by atoms with Crippen molar-refractivity contribution < 1.29 is 8.78 Å². The Morgan fingerprint density at radius 1 is 1.05 bits per heavy atom. The molecule has 0 spiro atoms. The standard InChI is InChI=1S/C18H19F2N/c1-18(15-8-5-9-16(19)17(15)20)10-11-21(13-18)12-14-6-3-2-4-7-14/h2-9H,10-13H2,1H3/t18-/m0/s1. The lowest BCUT2D eigenvalue weighted by Crippen LogP contribution is -2.29. The van der Waals surface area contributed by atoms with Crippen molar-refractivity contribution >= 4 is 0 Å². The van der Waals surface area contributed by atoms with Crippen LogP contribution in [0.2, 0.25) is 0 Å². The molecule has 110 valence electrons. The van der Waals surface area contributed by atoms with E-state index in [1.54, 1.807) is 12.1 Å². The Kier molecular flexibility index (Phi) is 3.77. The van der Waals surface area contributed by atoms with Crippen LogP contribution in [0.25, 0.3) is 0 Å². The van der Waals surface area contributed by atoms with Crippen molar-refractivity contribution in [2.24, 2.45) is 0 Å². The molecule has 1 fully saturated rings. The third kappa shape index (κ3) is 2.84. The average Bonchev–Trinajstić information content (AvgIpc) is 2.85. The summed E-state index contributed by atoms with van der Waals surface area (Å²) in [6, 6.07) is 14.7. The first-order valence-electron chi connectivity index (χ1n) is 7.29. The fourth-order valence-corrected chi connectivity index (χ4v) is 3.22. The molecule has 0 radical (unpaired) electrons. The fraction of sp³-hybridized carbons (Fsp3) is 0.333. The zero-order chi connectivity index (χ0) is 14.9. The Bertz CT molecular complexity index is 626. The van der Waals surface area contributed by atoms with E-state index >= 15 is 0 Å².